The first-order valence-electron chi connectivity index (χ1n) is 5.47. The second kappa shape index (κ2) is 4.49. The number of hydrogen-bond donors (Lipinski definition) is 1. The van der Waals surface area contributed by atoms with Gasteiger partial charge in [-0.15, -0.1) is 0 Å². The summed E-state index contributed by atoms with van der Waals surface area (Å²) in [4.78, 5) is 4.27. The maximum Gasteiger partial charge on any atom is 0.243 e. The lowest BCUT2D eigenvalue weighted by atomic mass is 10.3. The molecule has 2 aromatic rings. The van der Waals surface area contributed by atoms with Crippen molar-refractivity contribution in [3.05, 3.63) is 24.2 Å². The normalized spacial score (nSPS) is 12.9. The minimum Gasteiger partial charge on any atom is -0.345 e. The summed E-state index contributed by atoms with van der Waals surface area (Å²) in [6.45, 7) is 4.90. The van der Waals surface area contributed by atoms with Gasteiger partial charge in [0.25, 0.3) is 0 Å². The third-order valence-corrected chi connectivity index (χ3v) is 2.35. The molecular weight excluding hydrogens is 204 g/mol. The molecule has 0 amide bonds. The van der Waals surface area contributed by atoms with Crippen molar-refractivity contribution >= 4 is 0 Å². The molecule has 86 valence electrons. The zero-order chi connectivity index (χ0) is 11.5. The Labute approximate surface area is 94.3 Å². The summed E-state index contributed by atoms with van der Waals surface area (Å²) in [6.07, 6.45) is 3.08. The van der Waals surface area contributed by atoms with Crippen LogP contribution in [-0.4, -0.2) is 14.7 Å². The summed E-state index contributed by atoms with van der Waals surface area (Å²) in [7, 11) is 0. The fourth-order valence-corrected chi connectivity index (χ4v) is 1.58. The van der Waals surface area contributed by atoms with Gasteiger partial charge in [0, 0.05) is 12.7 Å². The molecule has 0 aromatic carbocycles. The topological polar surface area (TPSA) is 69.9 Å². The first kappa shape index (κ1) is 10.9. The summed E-state index contributed by atoms with van der Waals surface area (Å²) in [5.41, 5.74) is 6.64. The van der Waals surface area contributed by atoms with Gasteiger partial charge in [0.2, 0.25) is 11.7 Å². The van der Waals surface area contributed by atoms with Crippen molar-refractivity contribution in [2.45, 2.75) is 32.9 Å². The quantitative estimate of drug-likeness (QED) is 0.855. The van der Waals surface area contributed by atoms with Gasteiger partial charge in [-0.3, -0.25) is 0 Å². The molecule has 0 aliphatic heterocycles. The van der Waals surface area contributed by atoms with Crippen LogP contribution in [0.5, 0.6) is 0 Å². The van der Waals surface area contributed by atoms with Crippen molar-refractivity contribution in [3.63, 3.8) is 0 Å². The van der Waals surface area contributed by atoms with E-state index < -0.39 is 0 Å². The SMILES string of the molecule is CCCn1cccc1-c1noc([C@H](C)N)n1. The summed E-state index contributed by atoms with van der Waals surface area (Å²) in [5, 5.41) is 3.94. The van der Waals surface area contributed by atoms with Crippen molar-refractivity contribution < 1.29 is 4.52 Å². The van der Waals surface area contributed by atoms with Gasteiger partial charge in [0.1, 0.15) is 0 Å². The van der Waals surface area contributed by atoms with Gasteiger partial charge in [-0.1, -0.05) is 12.1 Å². The number of hydrogen-bond acceptors (Lipinski definition) is 4. The van der Waals surface area contributed by atoms with Gasteiger partial charge in [0.05, 0.1) is 11.7 Å². The molecular formula is C11H16N4O. The van der Waals surface area contributed by atoms with E-state index in [0.29, 0.717) is 11.7 Å². The number of rotatable bonds is 4. The minimum atomic E-state index is -0.226. The maximum atomic E-state index is 5.67. The van der Waals surface area contributed by atoms with E-state index in [1.54, 1.807) is 0 Å². The monoisotopic (exact) mass is 220 g/mol. The molecule has 2 N–H and O–H groups in total. The van der Waals surface area contributed by atoms with Crippen LogP contribution in [0.1, 0.15) is 32.2 Å². The Morgan fingerprint density at radius 1 is 1.56 bits per heavy atom. The predicted octanol–water partition coefficient (Wildman–Crippen LogP) is 1.97. The Morgan fingerprint density at radius 3 is 3.00 bits per heavy atom. The Bertz CT molecular complexity index is 458. The fourth-order valence-electron chi connectivity index (χ4n) is 1.58. The summed E-state index contributed by atoms with van der Waals surface area (Å²) in [5.74, 6) is 1.07. The Balaban J connectivity index is 2.31. The highest BCUT2D eigenvalue weighted by atomic mass is 16.5. The van der Waals surface area contributed by atoms with Crippen molar-refractivity contribution in [3.8, 4) is 11.5 Å². The molecule has 0 unspecified atom stereocenters. The molecule has 2 rings (SSSR count). The van der Waals surface area contributed by atoms with E-state index in [1.165, 1.54) is 0 Å². The summed E-state index contributed by atoms with van der Waals surface area (Å²) >= 11 is 0. The van der Waals surface area contributed by atoms with E-state index >= 15 is 0 Å². The van der Waals surface area contributed by atoms with Crippen LogP contribution in [-0.2, 0) is 6.54 Å². The maximum absolute atomic E-state index is 5.67. The average molecular weight is 220 g/mol. The molecule has 0 saturated heterocycles. The zero-order valence-electron chi connectivity index (χ0n) is 9.55. The van der Waals surface area contributed by atoms with Crippen molar-refractivity contribution in [2.24, 2.45) is 5.73 Å². The van der Waals surface area contributed by atoms with Crippen LogP contribution >= 0.6 is 0 Å². The van der Waals surface area contributed by atoms with Gasteiger partial charge in [-0.25, -0.2) is 0 Å². The van der Waals surface area contributed by atoms with E-state index in [4.69, 9.17) is 10.3 Å². The molecule has 0 saturated carbocycles. The zero-order valence-corrected chi connectivity index (χ0v) is 9.55. The Hall–Kier alpha value is -1.62. The van der Waals surface area contributed by atoms with E-state index in [1.807, 2.05) is 25.3 Å². The van der Waals surface area contributed by atoms with Gasteiger partial charge in [-0.2, -0.15) is 4.98 Å². The molecule has 0 fully saturated rings. The number of aromatic nitrogens is 3. The third-order valence-electron chi connectivity index (χ3n) is 2.35. The van der Waals surface area contributed by atoms with Crippen molar-refractivity contribution in [1.82, 2.24) is 14.7 Å². The molecule has 2 heterocycles. The van der Waals surface area contributed by atoms with Crippen LogP contribution < -0.4 is 5.73 Å². The highest BCUT2D eigenvalue weighted by Gasteiger charge is 2.13. The smallest absolute Gasteiger partial charge is 0.243 e. The first-order valence-corrected chi connectivity index (χ1v) is 5.47. The summed E-state index contributed by atoms with van der Waals surface area (Å²) in [6, 6.07) is 3.73. The van der Waals surface area contributed by atoms with E-state index in [9.17, 15) is 0 Å². The second-order valence-electron chi connectivity index (χ2n) is 3.83. The minimum absolute atomic E-state index is 0.226. The molecule has 1 atom stereocenters. The van der Waals surface area contributed by atoms with Crippen LogP contribution in [0.25, 0.3) is 11.5 Å². The average Bonchev–Trinajstić information content (AvgIpc) is 2.84. The Morgan fingerprint density at radius 2 is 2.38 bits per heavy atom. The van der Waals surface area contributed by atoms with Gasteiger partial charge >= 0.3 is 0 Å². The molecule has 0 aliphatic rings. The number of nitrogens with two attached hydrogens (primary N) is 1. The molecule has 16 heavy (non-hydrogen) atoms. The summed E-state index contributed by atoms with van der Waals surface area (Å²) < 4.78 is 7.19. The third kappa shape index (κ3) is 1.99. The molecule has 0 aliphatic carbocycles. The van der Waals surface area contributed by atoms with Crippen LogP contribution in [0.2, 0.25) is 0 Å². The van der Waals surface area contributed by atoms with Crippen molar-refractivity contribution in [1.29, 1.82) is 0 Å². The lowest BCUT2D eigenvalue weighted by Crippen LogP contribution is -2.05. The van der Waals surface area contributed by atoms with Crippen LogP contribution in [0.4, 0.5) is 0 Å². The first-order chi connectivity index (χ1) is 7.72. The molecule has 5 nitrogen and oxygen atoms in total. The molecule has 2 aromatic heterocycles. The predicted molar refractivity (Wildman–Crippen MR) is 60.6 cm³/mol. The Kier molecular flexibility index (Phi) is 3.05. The molecule has 0 spiro atoms. The largest absolute Gasteiger partial charge is 0.345 e. The molecule has 0 bridgehead atoms. The lowest BCUT2D eigenvalue weighted by Gasteiger charge is -2.03. The highest BCUT2D eigenvalue weighted by Crippen LogP contribution is 2.18. The number of aryl methyl sites for hydroxylation is 1. The van der Waals surface area contributed by atoms with Crippen LogP contribution in [0, 0.1) is 0 Å². The second-order valence-corrected chi connectivity index (χ2v) is 3.83. The number of nitrogens with zero attached hydrogens (tertiary/aromatic N) is 3. The van der Waals surface area contributed by atoms with Crippen molar-refractivity contribution in [2.75, 3.05) is 0 Å². The van der Waals surface area contributed by atoms with Gasteiger partial charge in [-0.05, 0) is 25.5 Å². The fraction of sp³-hybridized carbons (Fsp3) is 0.455. The standard InChI is InChI=1S/C11H16N4O/c1-3-6-15-7-4-5-9(15)10-13-11(8(2)12)16-14-10/h4-5,7-8H,3,6,12H2,1-2H3/t8-/m0/s1. The van der Waals surface area contributed by atoms with Crippen LogP contribution in [0.3, 0.4) is 0 Å². The molecule has 5 heteroatoms. The van der Waals surface area contributed by atoms with E-state index in [2.05, 4.69) is 21.6 Å². The molecule has 0 radical (unpaired) electrons. The lowest BCUT2D eigenvalue weighted by molar-refractivity contribution is 0.361. The van der Waals surface area contributed by atoms with E-state index in [0.717, 1.165) is 18.7 Å². The van der Waals surface area contributed by atoms with Gasteiger partial charge < -0.3 is 14.8 Å². The van der Waals surface area contributed by atoms with Gasteiger partial charge in [0.15, 0.2) is 0 Å². The highest BCUT2D eigenvalue weighted by molar-refractivity contribution is 5.49. The van der Waals surface area contributed by atoms with E-state index in [-0.39, 0.29) is 6.04 Å². The van der Waals surface area contributed by atoms with Crippen LogP contribution in [0.15, 0.2) is 22.9 Å².